The Bertz CT molecular complexity index is 610. The van der Waals surface area contributed by atoms with Gasteiger partial charge in [0.2, 0.25) is 0 Å². The van der Waals surface area contributed by atoms with Crippen LogP contribution in [0.5, 0.6) is 5.75 Å². The van der Waals surface area contributed by atoms with E-state index in [4.69, 9.17) is 4.74 Å². The number of anilines is 1. The normalized spacial score (nSPS) is 14.1. The van der Waals surface area contributed by atoms with Crippen molar-refractivity contribution in [1.29, 1.82) is 0 Å². The van der Waals surface area contributed by atoms with E-state index >= 15 is 0 Å². The Kier molecular flexibility index (Phi) is 3.69. The average molecular weight is 288 g/mol. The number of benzene rings is 1. The molecule has 2 heterocycles. The molecule has 0 fully saturated rings. The molecule has 0 N–H and O–H groups in total. The Hall–Kier alpha value is -1.88. The Morgan fingerprint density at radius 2 is 2.35 bits per heavy atom. The van der Waals surface area contributed by atoms with Gasteiger partial charge in [0.1, 0.15) is 5.75 Å². The smallest absolute Gasteiger partial charge is 0.265 e. The van der Waals surface area contributed by atoms with Gasteiger partial charge >= 0.3 is 0 Å². The summed E-state index contributed by atoms with van der Waals surface area (Å²) in [4.78, 5) is 18.2. The van der Waals surface area contributed by atoms with Gasteiger partial charge in [-0.1, -0.05) is 13.3 Å². The number of aromatic nitrogens is 1. The van der Waals surface area contributed by atoms with E-state index in [1.54, 1.807) is 11.3 Å². The number of carbonyl (C=O) groups excluding carboxylic acids is 1. The first-order valence-corrected chi connectivity index (χ1v) is 7.69. The van der Waals surface area contributed by atoms with E-state index in [1.807, 2.05) is 34.0 Å². The van der Waals surface area contributed by atoms with Crippen LogP contribution >= 0.6 is 11.3 Å². The van der Waals surface area contributed by atoms with Gasteiger partial charge in [-0.25, -0.2) is 4.98 Å². The summed E-state index contributed by atoms with van der Waals surface area (Å²) >= 11 is 1.56. The fourth-order valence-corrected chi connectivity index (χ4v) is 2.84. The molecule has 1 aliphatic rings. The maximum Gasteiger partial charge on any atom is 0.265 e. The highest BCUT2D eigenvalue weighted by Crippen LogP contribution is 2.36. The van der Waals surface area contributed by atoms with Gasteiger partial charge in [0.05, 0.1) is 16.9 Å². The van der Waals surface area contributed by atoms with Crippen molar-refractivity contribution < 1.29 is 9.53 Å². The maximum atomic E-state index is 12.0. The van der Waals surface area contributed by atoms with Gasteiger partial charge in [-0.3, -0.25) is 4.79 Å². The van der Waals surface area contributed by atoms with Crippen molar-refractivity contribution >= 4 is 22.9 Å². The van der Waals surface area contributed by atoms with Crippen LogP contribution in [-0.2, 0) is 4.79 Å². The van der Waals surface area contributed by atoms with E-state index < -0.39 is 0 Å². The van der Waals surface area contributed by atoms with Gasteiger partial charge in [0.15, 0.2) is 6.61 Å². The van der Waals surface area contributed by atoms with Gasteiger partial charge < -0.3 is 9.64 Å². The fraction of sp³-hybridized carbons (Fsp3) is 0.333. The highest BCUT2D eigenvalue weighted by Gasteiger charge is 2.25. The molecule has 0 radical (unpaired) electrons. The second-order valence-corrected chi connectivity index (χ2v) is 5.46. The van der Waals surface area contributed by atoms with Crippen LogP contribution in [0.4, 0.5) is 5.69 Å². The molecule has 0 saturated carbocycles. The Morgan fingerprint density at radius 1 is 1.45 bits per heavy atom. The van der Waals surface area contributed by atoms with Gasteiger partial charge in [-0.2, -0.15) is 0 Å². The van der Waals surface area contributed by atoms with E-state index in [0.717, 1.165) is 42.1 Å². The van der Waals surface area contributed by atoms with E-state index in [2.05, 4.69) is 11.9 Å². The lowest BCUT2D eigenvalue weighted by atomic mass is 10.1. The standard InChI is InChI=1S/C15H16N2O2S/c1-2-3-6-17-13-7-11(12-9-20-10-16-12)4-5-14(13)19-8-15(17)18/h4-5,7,9-10H,2-3,6,8H2,1H3. The van der Waals surface area contributed by atoms with E-state index in [0.29, 0.717) is 0 Å². The summed E-state index contributed by atoms with van der Waals surface area (Å²) in [6.45, 7) is 3.00. The number of unbranched alkanes of at least 4 members (excludes halogenated alkanes) is 1. The molecule has 1 aliphatic heterocycles. The van der Waals surface area contributed by atoms with Crippen LogP contribution in [0, 0.1) is 0 Å². The van der Waals surface area contributed by atoms with Gasteiger partial charge in [0.25, 0.3) is 5.91 Å². The van der Waals surface area contributed by atoms with Crippen molar-refractivity contribution in [2.75, 3.05) is 18.1 Å². The third-order valence-corrected chi connectivity index (χ3v) is 3.95. The van der Waals surface area contributed by atoms with E-state index in [-0.39, 0.29) is 12.5 Å². The molecule has 1 aromatic heterocycles. The van der Waals surface area contributed by atoms with Crippen LogP contribution < -0.4 is 9.64 Å². The molecule has 0 spiro atoms. The second-order valence-electron chi connectivity index (χ2n) is 4.74. The molecule has 0 aliphatic carbocycles. The number of fused-ring (bicyclic) bond motifs is 1. The molecular weight excluding hydrogens is 272 g/mol. The lowest BCUT2D eigenvalue weighted by molar-refractivity contribution is -0.121. The SMILES string of the molecule is CCCCN1C(=O)COc2ccc(-c3cscn3)cc21. The molecule has 20 heavy (non-hydrogen) atoms. The molecular formula is C15H16N2O2S. The topological polar surface area (TPSA) is 42.4 Å². The molecule has 3 rings (SSSR count). The first-order chi connectivity index (χ1) is 9.79. The quantitative estimate of drug-likeness (QED) is 0.866. The van der Waals surface area contributed by atoms with Crippen LogP contribution in [0.2, 0.25) is 0 Å². The Morgan fingerprint density at radius 3 is 3.10 bits per heavy atom. The van der Waals surface area contributed by atoms with Crippen LogP contribution in [-0.4, -0.2) is 24.0 Å². The average Bonchev–Trinajstić information content (AvgIpc) is 3.00. The van der Waals surface area contributed by atoms with Crippen LogP contribution in [0.15, 0.2) is 29.1 Å². The summed E-state index contributed by atoms with van der Waals surface area (Å²) in [6, 6.07) is 5.91. The number of rotatable bonds is 4. The predicted molar refractivity (Wildman–Crippen MR) is 80.3 cm³/mol. The van der Waals surface area contributed by atoms with E-state index in [9.17, 15) is 4.79 Å². The number of hydrogen-bond acceptors (Lipinski definition) is 4. The summed E-state index contributed by atoms with van der Waals surface area (Å²) < 4.78 is 5.51. The maximum absolute atomic E-state index is 12.0. The molecule has 0 bridgehead atoms. The molecule has 2 aromatic rings. The Labute approximate surface area is 122 Å². The van der Waals surface area contributed by atoms with Gasteiger partial charge in [0, 0.05) is 17.5 Å². The predicted octanol–water partition coefficient (Wildman–Crippen LogP) is 3.34. The molecule has 5 heteroatoms. The first-order valence-electron chi connectivity index (χ1n) is 6.75. The molecule has 0 saturated heterocycles. The zero-order valence-corrected chi connectivity index (χ0v) is 12.2. The number of hydrogen-bond donors (Lipinski definition) is 0. The zero-order chi connectivity index (χ0) is 13.9. The van der Waals surface area contributed by atoms with Gasteiger partial charge in [-0.05, 0) is 24.6 Å². The van der Waals surface area contributed by atoms with Crippen molar-refractivity contribution in [3.8, 4) is 17.0 Å². The number of nitrogens with zero attached hydrogens (tertiary/aromatic N) is 2. The largest absolute Gasteiger partial charge is 0.482 e. The third kappa shape index (κ3) is 2.41. The zero-order valence-electron chi connectivity index (χ0n) is 11.3. The first kappa shape index (κ1) is 13.1. The van der Waals surface area contributed by atoms with Crippen molar-refractivity contribution in [1.82, 2.24) is 4.98 Å². The fourth-order valence-electron chi connectivity index (χ4n) is 2.28. The summed E-state index contributed by atoms with van der Waals surface area (Å²) in [6.07, 6.45) is 2.05. The number of ether oxygens (including phenoxy) is 1. The van der Waals surface area contributed by atoms with Crippen LogP contribution in [0.25, 0.3) is 11.3 Å². The van der Waals surface area contributed by atoms with Crippen LogP contribution in [0.1, 0.15) is 19.8 Å². The minimum Gasteiger partial charge on any atom is -0.482 e. The van der Waals surface area contributed by atoms with Crippen LogP contribution in [0.3, 0.4) is 0 Å². The summed E-state index contributed by atoms with van der Waals surface area (Å²) in [5.74, 6) is 0.807. The number of amides is 1. The molecule has 0 unspecified atom stereocenters. The highest BCUT2D eigenvalue weighted by molar-refractivity contribution is 7.07. The molecule has 104 valence electrons. The minimum atomic E-state index is 0.0291. The molecule has 1 aromatic carbocycles. The lowest BCUT2D eigenvalue weighted by Crippen LogP contribution is -2.39. The second kappa shape index (κ2) is 5.63. The monoisotopic (exact) mass is 288 g/mol. The summed E-state index contributed by atoms with van der Waals surface area (Å²) in [5, 5.41) is 2.00. The van der Waals surface area contributed by atoms with Crippen molar-refractivity contribution in [3.05, 3.63) is 29.1 Å². The van der Waals surface area contributed by atoms with Crippen molar-refractivity contribution in [2.45, 2.75) is 19.8 Å². The molecule has 4 nitrogen and oxygen atoms in total. The van der Waals surface area contributed by atoms with Gasteiger partial charge in [-0.15, -0.1) is 11.3 Å². The summed E-state index contributed by atoms with van der Waals surface area (Å²) in [7, 11) is 0. The lowest BCUT2D eigenvalue weighted by Gasteiger charge is -2.29. The van der Waals surface area contributed by atoms with Crippen molar-refractivity contribution in [3.63, 3.8) is 0 Å². The van der Waals surface area contributed by atoms with Crippen molar-refractivity contribution in [2.24, 2.45) is 0 Å². The Balaban J connectivity index is 1.98. The highest BCUT2D eigenvalue weighted by atomic mass is 32.1. The number of carbonyl (C=O) groups is 1. The third-order valence-electron chi connectivity index (χ3n) is 3.37. The molecule has 1 amide bonds. The van der Waals surface area contributed by atoms with E-state index in [1.165, 1.54) is 0 Å². The molecule has 0 atom stereocenters. The summed E-state index contributed by atoms with van der Waals surface area (Å²) in [5.41, 5.74) is 4.63. The minimum absolute atomic E-state index is 0.0291. The number of thiazole rings is 1.